The van der Waals surface area contributed by atoms with Gasteiger partial charge in [0, 0.05) is 6.42 Å². The number of unbranched alkanes of at least 4 members (excludes halogenated alkanes) is 38. The molecule has 1 amide bonds. The van der Waals surface area contributed by atoms with E-state index < -0.39 is 18.2 Å². The highest BCUT2D eigenvalue weighted by Crippen LogP contribution is 2.19. The van der Waals surface area contributed by atoms with Gasteiger partial charge in [0.25, 0.3) is 0 Å². The molecule has 63 heavy (non-hydrogen) atoms. The van der Waals surface area contributed by atoms with Crippen LogP contribution in [0.1, 0.15) is 316 Å². The van der Waals surface area contributed by atoms with E-state index in [4.69, 9.17) is 4.74 Å². The third-order valence-corrected chi connectivity index (χ3v) is 13.3. The summed E-state index contributed by atoms with van der Waals surface area (Å²) in [7, 11) is 0. The largest absolute Gasteiger partial charge is 0.462 e. The van der Waals surface area contributed by atoms with E-state index in [0.717, 1.165) is 44.9 Å². The number of aliphatic hydroxyl groups is 2. The van der Waals surface area contributed by atoms with Gasteiger partial charge in [-0.25, -0.2) is 0 Å². The minimum Gasteiger partial charge on any atom is -0.462 e. The molecular formula is C57H111NO5. The highest BCUT2D eigenvalue weighted by molar-refractivity contribution is 5.77. The lowest BCUT2D eigenvalue weighted by atomic mass is 10.0. The average molecular weight is 891 g/mol. The lowest BCUT2D eigenvalue weighted by Gasteiger charge is -2.24. The number of nitrogens with one attached hydrogen (secondary N) is 1. The molecule has 6 heteroatoms. The van der Waals surface area contributed by atoms with Crippen molar-refractivity contribution in [3.8, 4) is 0 Å². The van der Waals surface area contributed by atoms with Crippen LogP contribution in [-0.2, 0) is 14.3 Å². The second-order valence-electron chi connectivity index (χ2n) is 19.7. The number of carbonyl (C=O) groups is 2. The maximum Gasteiger partial charge on any atom is 0.306 e. The number of aliphatic hydroxyl groups excluding tert-OH is 2. The van der Waals surface area contributed by atoms with Crippen molar-refractivity contribution in [2.24, 2.45) is 0 Å². The fourth-order valence-electron chi connectivity index (χ4n) is 9.02. The van der Waals surface area contributed by atoms with Gasteiger partial charge in [-0.05, 0) is 51.4 Å². The number of ether oxygens (including phenoxy) is 1. The molecule has 0 aromatic heterocycles. The van der Waals surface area contributed by atoms with E-state index in [-0.39, 0.29) is 24.9 Å². The van der Waals surface area contributed by atoms with Gasteiger partial charge in [-0.1, -0.05) is 264 Å². The van der Waals surface area contributed by atoms with Gasteiger partial charge >= 0.3 is 5.97 Å². The van der Waals surface area contributed by atoms with Crippen LogP contribution in [0.3, 0.4) is 0 Å². The number of carbonyl (C=O) groups excluding carboxylic acids is 2. The lowest BCUT2D eigenvalue weighted by Crippen LogP contribution is -2.46. The van der Waals surface area contributed by atoms with Crippen LogP contribution < -0.4 is 5.32 Å². The van der Waals surface area contributed by atoms with E-state index in [1.807, 2.05) is 0 Å². The molecular weight excluding hydrogens is 779 g/mol. The van der Waals surface area contributed by atoms with Crippen molar-refractivity contribution >= 4 is 11.9 Å². The van der Waals surface area contributed by atoms with E-state index in [2.05, 4.69) is 38.2 Å². The number of esters is 1. The second-order valence-corrected chi connectivity index (χ2v) is 19.7. The number of hydrogen-bond donors (Lipinski definition) is 3. The molecule has 3 unspecified atom stereocenters. The summed E-state index contributed by atoms with van der Waals surface area (Å²) in [4.78, 5) is 26.2. The number of allylic oxidation sites excluding steroid dienone is 2. The normalized spacial score (nSPS) is 13.2. The van der Waals surface area contributed by atoms with Crippen molar-refractivity contribution in [2.75, 3.05) is 6.61 Å². The Hall–Kier alpha value is -1.40. The summed E-state index contributed by atoms with van der Waals surface area (Å²) in [5.41, 5.74) is 0. The molecule has 0 saturated heterocycles. The van der Waals surface area contributed by atoms with Crippen LogP contribution in [0.4, 0.5) is 0 Å². The zero-order valence-corrected chi connectivity index (χ0v) is 42.7. The average Bonchev–Trinajstić information content (AvgIpc) is 3.28. The molecule has 0 fully saturated rings. The standard InChI is InChI=1S/C57H111NO5/c1-4-7-10-13-16-19-22-25-27-29-31-34-37-40-43-46-49-55(60)54(52-59)58-56(61)51-53(48-45-42-39-36-33-30-24-21-18-15-12-9-6-3)63-57(62)50-47-44-41-38-35-32-28-26-23-20-17-14-11-8-5-2/h20,23,53-55,59-60H,4-19,21-22,24-52H2,1-3H3,(H,58,61)/b23-20-. The van der Waals surface area contributed by atoms with Gasteiger partial charge in [-0.15, -0.1) is 0 Å². The van der Waals surface area contributed by atoms with Crippen LogP contribution in [0.15, 0.2) is 12.2 Å². The third-order valence-electron chi connectivity index (χ3n) is 13.3. The molecule has 0 radical (unpaired) electrons. The van der Waals surface area contributed by atoms with E-state index in [1.165, 1.54) is 225 Å². The van der Waals surface area contributed by atoms with Crippen LogP contribution in [0.25, 0.3) is 0 Å². The Balaban J connectivity index is 4.48. The Morgan fingerprint density at radius 3 is 1.14 bits per heavy atom. The molecule has 3 atom stereocenters. The van der Waals surface area contributed by atoms with E-state index in [0.29, 0.717) is 19.3 Å². The van der Waals surface area contributed by atoms with Crippen molar-refractivity contribution in [1.29, 1.82) is 0 Å². The molecule has 0 aromatic carbocycles. The third kappa shape index (κ3) is 46.9. The van der Waals surface area contributed by atoms with Crippen LogP contribution >= 0.6 is 0 Å². The maximum absolute atomic E-state index is 13.2. The van der Waals surface area contributed by atoms with Gasteiger partial charge in [-0.2, -0.15) is 0 Å². The molecule has 0 aliphatic rings. The van der Waals surface area contributed by atoms with Crippen molar-refractivity contribution in [3.05, 3.63) is 12.2 Å². The first-order valence-corrected chi connectivity index (χ1v) is 28.4. The molecule has 0 spiro atoms. The van der Waals surface area contributed by atoms with Gasteiger partial charge in [0.2, 0.25) is 5.91 Å². The molecule has 3 N–H and O–H groups in total. The summed E-state index contributed by atoms with van der Waals surface area (Å²) in [5, 5.41) is 23.9. The summed E-state index contributed by atoms with van der Waals surface area (Å²) < 4.78 is 5.96. The van der Waals surface area contributed by atoms with Gasteiger partial charge < -0.3 is 20.3 Å². The van der Waals surface area contributed by atoms with Crippen LogP contribution in [0.2, 0.25) is 0 Å². The first kappa shape index (κ1) is 61.6. The molecule has 6 nitrogen and oxygen atoms in total. The SMILES string of the molecule is CCCCCC/C=C\CCCCCCCCCC(=O)OC(CCCCCCCCCCCCCCC)CC(=O)NC(CO)C(O)CCCCCCCCCCCCCCCCCC. The van der Waals surface area contributed by atoms with E-state index in [9.17, 15) is 19.8 Å². The molecule has 0 bridgehead atoms. The quantitative estimate of drug-likeness (QED) is 0.0321. The smallest absolute Gasteiger partial charge is 0.306 e. The molecule has 0 aliphatic carbocycles. The molecule has 0 aromatic rings. The molecule has 0 heterocycles. The van der Waals surface area contributed by atoms with Gasteiger partial charge in [-0.3, -0.25) is 9.59 Å². The van der Waals surface area contributed by atoms with Crippen LogP contribution in [0, 0.1) is 0 Å². The molecule has 374 valence electrons. The van der Waals surface area contributed by atoms with E-state index >= 15 is 0 Å². The monoisotopic (exact) mass is 890 g/mol. The molecule has 0 rings (SSSR count). The predicted octanol–water partition coefficient (Wildman–Crippen LogP) is 17.3. The van der Waals surface area contributed by atoms with Crippen molar-refractivity contribution in [3.63, 3.8) is 0 Å². The lowest BCUT2D eigenvalue weighted by molar-refractivity contribution is -0.151. The number of hydrogen-bond acceptors (Lipinski definition) is 5. The Bertz CT molecular complexity index is 955. The number of rotatable bonds is 52. The summed E-state index contributed by atoms with van der Waals surface area (Å²) in [5.74, 6) is -0.457. The predicted molar refractivity (Wildman–Crippen MR) is 273 cm³/mol. The highest BCUT2D eigenvalue weighted by atomic mass is 16.5. The first-order valence-electron chi connectivity index (χ1n) is 28.4. The summed E-state index contributed by atoms with van der Waals surface area (Å²) in [6.07, 6.45) is 58.4. The fraction of sp³-hybridized carbons (Fsp3) is 0.930. The summed E-state index contributed by atoms with van der Waals surface area (Å²) in [6.45, 7) is 6.51. The van der Waals surface area contributed by atoms with E-state index in [1.54, 1.807) is 0 Å². The minimum atomic E-state index is -0.783. The van der Waals surface area contributed by atoms with Crippen molar-refractivity contribution < 1.29 is 24.5 Å². The fourth-order valence-corrected chi connectivity index (χ4v) is 9.02. The second kappa shape index (κ2) is 51.6. The Kier molecular flexibility index (Phi) is 50.4. The summed E-state index contributed by atoms with van der Waals surface area (Å²) in [6, 6.07) is -0.696. The van der Waals surface area contributed by atoms with Crippen molar-refractivity contribution in [2.45, 2.75) is 334 Å². The van der Waals surface area contributed by atoms with Crippen molar-refractivity contribution in [1.82, 2.24) is 5.32 Å². The molecule has 0 aliphatic heterocycles. The minimum absolute atomic E-state index is 0.0836. The first-order chi connectivity index (χ1) is 31.0. The highest BCUT2D eigenvalue weighted by Gasteiger charge is 2.24. The Morgan fingerprint density at radius 1 is 0.444 bits per heavy atom. The topological polar surface area (TPSA) is 95.9 Å². The maximum atomic E-state index is 13.2. The van der Waals surface area contributed by atoms with Gasteiger partial charge in [0.15, 0.2) is 0 Å². The zero-order chi connectivity index (χ0) is 45.9. The number of amides is 1. The molecule has 0 saturated carbocycles. The summed E-state index contributed by atoms with van der Waals surface area (Å²) >= 11 is 0. The Labute approximate surface area is 393 Å². The van der Waals surface area contributed by atoms with Crippen LogP contribution in [-0.4, -0.2) is 46.9 Å². The van der Waals surface area contributed by atoms with Gasteiger partial charge in [0.05, 0.1) is 25.2 Å². The Morgan fingerprint density at radius 2 is 0.762 bits per heavy atom. The zero-order valence-electron chi connectivity index (χ0n) is 42.7. The van der Waals surface area contributed by atoms with Gasteiger partial charge in [0.1, 0.15) is 6.10 Å². The van der Waals surface area contributed by atoms with Crippen LogP contribution in [0.5, 0.6) is 0 Å².